The Balaban J connectivity index is 1.95. The summed E-state index contributed by atoms with van der Waals surface area (Å²) in [5, 5.41) is 5.33. The third kappa shape index (κ3) is 3.82. The molecule has 2 aromatic rings. The van der Waals surface area contributed by atoms with Crippen molar-refractivity contribution in [3.63, 3.8) is 0 Å². The highest BCUT2D eigenvalue weighted by atomic mass is 32.1. The minimum absolute atomic E-state index is 0.123. The Bertz CT molecular complexity index is 526. The van der Waals surface area contributed by atoms with E-state index in [1.807, 2.05) is 0 Å². The number of carbonyl (C=O) groups is 1. The quantitative estimate of drug-likeness (QED) is 0.823. The molecule has 0 aliphatic rings. The highest BCUT2D eigenvalue weighted by Gasteiger charge is 2.11. The molecular formula is C13H16N4OS. The number of nitrogens with one attached hydrogen (secondary N) is 1. The molecule has 0 aromatic carbocycles. The Labute approximate surface area is 116 Å². The second-order valence-corrected chi connectivity index (χ2v) is 4.95. The molecule has 0 saturated heterocycles. The van der Waals surface area contributed by atoms with Gasteiger partial charge in [-0.25, -0.2) is 4.98 Å². The lowest BCUT2D eigenvalue weighted by molar-refractivity contribution is 0.0949. The van der Waals surface area contributed by atoms with Crippen molar-refractivity contribution < 1.29 is 4.79 Å². The molecule has 6 heteroatoms. The maximum Gasteiger partial charge on any atom is 0.270 e. The van der Waals surface area contributed by atoms with Crippen molar-refractivity contribution in [2.45, 2.75) is 26.2 Å². The summed E-state index contributed by atoms with van der Waals surface area (Å²) in [6, 6.07) is 0. The van der Waals surface area contributed by atoms with Crippen molar-refractivity contribution in [2.75, 3.05) is 6.54 Å². The van der Waals surface area contributed by atoms with Crippen LogP contribution in [0.15, 0.2) is 24.0 Å². The molecule has 0 spiro atoms. The maximum atomic E-state index is 11.8. The average Bonchev–Trinajstić information content (AvgIpc) is 2.94. The summed E-state index contributed by atoms with van der Waals surface area (Å²) in [5.74, 6) is -0.123. The average molecular weight is 276 g/mol. The van der Waals surface area contributed by atoms with Crippen molar-refractivity contribution in [3.05, 3.63) is 29.7 Å². The van der Waals surface area contributed by atoms with E-state index in [2.05, 4.69) is 27.2 Å². The van der Waals surface area contributed by atoms with Gasteiger partial charge in [0, 0.05) is 24.3 Å². The number of carbonyl (C=O) groups excluding carboxylic acids is 1. The fourth-order valence-corrected chi connectivity index (χ4v) is 2.33. The van der Waals surface area contributed by atoms with Crippen LogP contribution in [0.3, 0.4) is 0 Å². The fourth-order valence-electron chi connectivity index (χ4n) is 1.57. The van der Waals surface area contributed by atoms with Crippen molar-refractivity contribution in [2.24, 2.45) is 0 Å². The third-order valence-electron chi connectivity index (χ3n) is 2.59. The fraction of sp³-hybridized carbons (Fsp3) is 0.385. The lowest BCUT2D eigenvalue weighted by Crippen LogP contribution is -2.24. The molecule has 1 amide bonds. The van der Waals surface area contributed by atoms with Crippen molar-refractivity contribution >= 4 is 17.2 Å². The minimum atomic E-state index is -0.123. The molecule has 19 heavy (non-hydrogen) atoms. The monoisotopic (exact) mass is 276 g/mol. The van der Waals surface area contributed by atoms with Crippen LogP contribution in [0.4, 0.5) is 0 Å². The number of nitrogens with zero attached hydrogens (tertiary/aromatic N) is 3. The summed E-state index contributed by atoms with van der Waals surface area (Å²) in [4.78, 5) is 24.3. The number of thiazole rings is 1. The summed E-state index contributed by atoms with van der Waals surface area (Å²) in [6.07, 6.45) is 8.14. The smallest absolute Gasteiger partial charge is 0.270 e. The zero-order valence-corrected chi connectivity index (χ0v) is 11.6. The summed E-state index contributed by atoms with van der Waals surface area (Å²) in [6.45, 7) is 2.83. The van der Waals surface area contributed by atoms with E-state index in [4.69, 9.17) is 0 Å². The van der Waals surface area contributed by atoms with Crippen LogP contribution < -0.4 is 5.32 Å². The number of unbranched alkanes of at least 4 members (excludes halogenated alkanes) is 2. The van der Waals surface area contributed by atoms with Crippen LogP contribution >= 0.6 is 11.3 Å². The molecule has 5 nitrogen and oxygen atoms in total. The van der Waals surface area contributed by atoms with Crippen LogP contribution in [0.5, 0.6) is 0 Å². The maximum absolute atomic E-state index is 11.8. The molecule has 0 atom stereocenters. The van der Waals surface area contributed by atoms with Gasteiger partial charge in [0.1, 0.15) is 16.4 Å². The van der Waals surface area contributed by atoms with Crippen molar-refractivity contribution in [3.8, 4) is 10.7 Å². The zero-order chi connectivity index (χ0) is 13.5. The molecule has 2 aromatic heterocycles. The standard InChI is InChI=1S/C13H16N4OS/c1-2-3-4-5-16-12(18)11-9-19-13(17-11)10-8-14-6-7-15-10/h6-9H,2-5H2,1H3,(H,16,18). The van der Waals surface area contributed by atoms with Gasteiger partial charge in [0.15, 0.2) is 0 Å². The van der Waals surface area contributed by atoms with E-state index >= 15 is 0 Å². The first kappa shape index (κ1) is 13.6. The van der Waals surface area contributed by atoms with E-state index < -0.39 is 0 Å². The van der Waals surface area contributed by atoms with Gasteiger partial charge in [0.05, 0.1) is 6.20 Å². The molecule has 2 heterocycles. The van der Waals surface area contributed by atoms with Crippen LogP contribution in [0.25, 0.3) is 10.7 Å². The minimum Gasteiger partial charge on any atom is -0.351 e. The summed E-state index contributed by atoms with van der Waals surface area (Å²) < 4.78 is 0. The first-order chi connectivity index (χ1) is 9.31. The van der Waals surface area contributed by atoms with Gasteiger partial charge in [-0.3, -0.25) is 14.8 Å². The van der Waals surface area contributed by atoms with Crippen LogP contribution in [-0.2, 0) is 0 Å². The van der Waals surface area contributed by atoms with Gasteiger partial charge in [-0.05, 0) is 6.42 Å². The van der Waals surface area contributed by atoms with Crippen LogP contribution in [0.2, 0.25) is 0 Å². The van der Waals surface area contributed by atoms with Gasteiger partial charge >= 0.3 is 0 Å². The van der Waals surface area contributed by atoms with Crippen LogP contribution in [0.1, 0.15) is 36.7 Å². The topological polar surface area (TPSA) is 67.8 Å². The summed E-state index contributed by atoms with van der Waals surface area (Å²) >= 11 is 1.40. The van der Waals surface area contributed by atoms with Crippen molar-refractivity contribution in [1.29, 1.82) is 0 Å². The van der Waals surface area contributed by atoms with E-state index in [1.54, 1.807) is 24.0 Å². The summed E-state index contributed by atoms with van der Waals surface area (Å²) in [7, 11) is 0. The van der Waals surface area contributed by atoms with Gasteiger partial charge in [0.25, 0.3) is 5.91 Å². The first-order valence-corrected chi connectivity index (χ1v) is 7.19. The Morgan fingerprint density at radius 1 is 1.37 bits per heavy atom. The predicted octanol–water partition coefficient (Wildman–Crippen LogP) is 2.52. The normalized spacial score (nSPS) is 10.4. The molecule has 0 radical (unpaired) electrons. The highest BCUT2D eigenvalue weighted by Crippen LogP contribution is 2.20. The Morgan fingerprint density at radius 3 is 3.00 bits per heavy atom. The van der Waals surface area contributed by atoms with Gasteiger partial charge < -0.3 is 5.32 Å². The molecule has 0 unspecified atom stereocenters. The van der Waals surface area contributed by atoms with Gasteiger partial charge in [-0.1, -0.05) is 19.8 Å². The van der Waals surface area contributed by atoms with Crippen LogP contribution in [-0.4, -0.2) is 27.4 Å². The second-order valence-electron chi connectivity index (χ2n) is 4.09. The number of aromatic nitrogens is 3. The lowest BCUT2D eigenvalue weighted by atomic mass is 10.2. The van der Waals surface area contributed by atoms with Crippen LogP contribution in [0, 0.1) is 0 Å². The molecular weight excluding hydrogens is 260 g/mol. The van der Waals surface area contributed by atoms with Gasteiger partial charge in [-0.15, -0.1) is 11.3 Å². The number of amides is 1. The Kier molecular flexibility index (Phi) is 4.97. The van der Waals surface area contributed by atoms with Gasteiger partial charge in [-0.2, -0.15) is 0 Å². The van der Waals surface area contributed by atoms with E-state index in [-0.39, 0.29) is 5.91 Å². The van der Waals surface area contributed by atoms with E-state index in [0.29, 0.717) is 22.9 Å². The lowest BCUT2D eigenvalue weighted by Gasteiger charge is -2.01. The molecule has 0 aliphatic heterocycles. The number of hydrogen-bond donors (Lipinski definition) is 1. The Morgan fingerprint density at radius 2 is 2.26 bits per heavy atom. The zero-order valence-electron chi connectivity index (χ0n) is 10.8. The van der Waals surface area contributed by atoms with E-state index in [9.17, 15) is 4.79 Å². The Hall–Kier alpha value is -1.82. The number of hydrogen-bond acceptors (Lipinski definition) is 5. The third-order valence-corrected chi connectivity index (χ3v) is 3.45. The largest absolute Gasteiger partial charge is 0.351 e. The molecule has 100 valence electrons. The molecule has 0 aliphatic carbocycles. The SMILES string of the molecule is CCCCCNC(=O)c1csc(-c2cnccn2)n1. The number of rotatable bonds is 6. The molecule has 0 saturated carbocycles. The van der Waals surface area contributed by atoms with Crippen molar-refractivity contribution in [1.82, 2.24) is 20.3 Å². The first-order valence-electron chi connectivity index (χ1n) is 6.31. The van der Waals surface area contributed by atoms with E-state index in [0.717, 1.165) is 19.3 Å². The van der Waals surface area contributed by atoms with E-state index in [1.165, 1.54) is 11.3 Å². The summed E-state index contributed by atoms with van der Waals surface area (Å²) in [5.41, 5.74) is 1.14. The molecule has 0 bridgehead atoms. The molecule has 1 N–H and O–H groups in total. The molecule has 0 fully saturated rings. The van der Waals surface area contributed by atoms with Gasteiger partial charge in [0.2, 0.25) is 0 Å². The second kappa shape index (κ2) is 6.94. The predicted molar refractivity (Wildman–Crippen MR) is 75.0 cm³/mol. The molecule has 2 rings (SSSR count). The highest BCUT2D eigenvalue weighted by molar-refractivity contribution is 7.13.